The van der Waals surface area contributed by atoms with Gasteiger partial charge in [0, 0.05) is 5.54 Å². The van der Waals surface area contributed by atoms with Crippen LogP contribution in [0.5, 0.6) is 0 Å². The third-order valence-corrected chi connectivity index (χ3v) is 3.48. The van der Waals surface area contributed by atoms with Crippen molar-refractivity contribution < 1.29 is 9.90 Å². The van der Waals surface area contributed by atoms with Crippen LogP contribution in [0.25, 0.3) is 0 Å². The van der Waals surface area contributed by atoms with E-state index in [1.807, 2.05) is 6.92 Å². The quantitative estimate of drug-likeness (QED) is 0.650. The molecule has 0 saturated carbocycles. The summed E-state index contributed by atoms with van der Waals surface area (Å²) in [5, 5.41) is 12.4. The van der Waals surface area contributed by atoms with E-state index >= 15 is 0 Å². The molecule has 0 aliphatic carbocycles. The number of carboxylic acids is 1. The Balaban J connectivity index is 2.95. The summed E-state index contributed by atoms with van der Waals surface area (Å²) in [6.45, 7) is 9.08. The van der Waals surface area contributed by atoms with Gasteiger partial charge in [-0.3, -0.25) is 4.79 Å². The molecule has 2 unspecified atom stereocenters. The average Bonchev–Trinajstić information content (AvgIpc) is 2.30. The lowest BCUT2D eigenvalue weighted by Gasteiger charge is -2.42. The summed E-state index contributed by atoms with van der Waals surface area (Å²) >= 11 is 0. The molecular formula is C10H19NO2. The molecule has 0 aromatic carbocycles. The first-order valence-electron chi connectivity index (χ1n) is 4.77. The highest BCUT2D eigenvalue weighted by atomic mass is 16.4. The minimum atomic E-state index is -0.678. The molecule has 0 amide bonds. The van der Waals surface area contributed by atoms with Gasteiger partial charge in [-0.15, -0.1) is 0 Å². The van der Waals surface area contributed by atoms with Crippen molar-refractivity contribution in [1.82, 2.24) is 5.32 Å². The molecule has 0 radical (unpaired) electrons. The zero-order valence-electron chi connectivity index (χ0n) is 8.85. The van der Waals surface area contributed by atoms with Gasteiger partial charge in [-0.05, 0) is 25.3 Å². The van der Waals surface area contributed by atoms with E-state index in [1.165, 1.54) is 0 Å². The molecular weight excluding hydrogens is 166 g/mol. The largest absolute Gasteiger partial charge is 0.481 e. The number of nitrogens with one attached hydrogen (secondary N) is 1. The first-order chi connectivity index (χ1) is 5.79. The van der Waals surface area contributed by atoms with Gasteiger partial charge in [-0.1, -0.05) is 20.8 Å². The molecule has 13 heavy (non-hydrogen) atoms. The lowest BCUT2D eigenvalue weighted by Crippen LogP contribution is -2.54. The number of carbonyl (C=O) groups is 1. The van der Waals surface area contributed by atoms with Gasteiger partial charge in [0.15, 0.2) is 0 Å². The molecule has 1 aliphatic heterocycles. The van der Waals surface area contributed by atoms with E-state index in [0.29, 0.717) is 0 Å². The smallest absolute Gasteiger partial charge is 0.308 e. The maximum atomic E-state index is 11.0. The molecule has 0 aromatic rings. The highest BCUT2D eigenvalue weighted by Gasteiger charge is 2.50. The van der Waals surface area contributed by atoms with Gasteiger partial charge < -0.3 is 10.4 Å². The Morgan fingerprint density at radius 2 is 2.08 bits per heavy atom. The fourth-order valence-corrected chi connectivity index (χ4v) is 2.05. The number of aliphatic carboxylic acids is 1. The van der Waals surface area contributed by atoms with Crippen LogP contribution in [0.3, 0.4) is 0 Å². The van der Waals surface area contributed by atoms with E-state index in [2.05, 4.69) is 26.1 Å². The molecule has 1 fully saturated rings. The van der Waals surface area contributed by atoms with Crippen molar-refractivity contribution in [3.8, 4) is 0 Å². The van der Waals surface area contributed by atoms with Gasteiger partial charge in [-0.25, -0.2) is 0 Å². The molecule has 0 bridgehead atoms. The van der Waals surface area contributed by atoms with E-state index in [0.717, 1.165) is 13.0 Å². The van der Waals surface area contributed by atoms with E-state index in [-0.39, 0.29) is 16.9 Å². The summed E-state index contributed by atoms with van der Waals surface area (Å²) in [5.41, 5.74) is -0.300. The average molecular weight is 185 g/mol. The van der Waals surface area contributed by atoms with Crippen molar-refractivity contribution >= 4 is 5.97 Å². The third kappa shape index (κ3) is 1.57. The highest BCUT2D eigenvalue weighted by molar-refractivity contribution is 5.72. The maximum Gasteiger partial charge on any atom is 0.308 e. The summed E-state index contributed by atoms with van der Waals surface area (Å²) < 4.78 is 0. The molecule has 0 aromatic heterocycles. The molecule has 1 aliphatic rings. The molecule has 76 valence electrons. The topological polar surface area (TPSA) is 49.3 Å². The van der Waals surface area contributed by atoms with Crippen molar-refractivity contribution in [2.45, 2.75) is 39.7 Å². The Morgan fingerprint density at radius 3 is 2.38 bits per heavy atom. The lowest BCUT2D eigenvalue weighted by molar-refractivity contribution is -0.145. The Labute approximate surface area is 79.5 Å². The summed E-state index contributed by atoms with van der Waals surface area (Å²) in [6.07, 6.45) is 0.739. The summed E-state index contributed by atoms with van der Waals surface area (Å²) in [4.78, 5) is 11.0. The Kier molecular flexibility index (Phi) is 2.41. The number of hydrogen-bond donors (Lipinski definition) is 2. The van der Waals surface area contributed by atoms with Crippen LogP contribution in [0.1, 0.15) is 34.1 Å². The lowest BCUT2D eigenvalue weighted by atomic mass is 9.68. The maximum absolute atomic E-state index is 11.0. The van der Waals surface area contributed by atoms with Crippen molar-refractivity contribution in [1.29, 1.82) is 0 Å². The molecule has 1 saturated heterocycles. The van der Waals surface area contributed by atoms with Gasteiger partial charge in [0.1, 0.15) is 0 Å². The number of rotatable bonds is 1. The van der Waals surface area contributed by atoms with E-state index < -0.39 is 5.97 Å². The third-order valence-electron chi connectivity index (χ3n) is 3.48. The molecule has 0 spiro atoms. The minimum Gasteiger partial charge on any atom is -0.481 e. The van der Waals surface area contributed by atoms with Crippen molar-refractivity contribution in [2.75, 3.05) is 6.54 Å². The second kappa shape index (κ2) is 2.98. The van der Waals surface area contributed by atoms with E-state index in [1.54, 1.807) is 0 Å². The molecule has 3 nitrogen and oxygen atoms in total. The van der Waals surface area contributed by atoms with Crippen molar-refractivity contribution in [3.05, 3.63) is 0 Å². The molecule has 3 heteroatoms. The van der Waals surface area contributed by atoms with Crippen LogP contribution in [0, 0.1) is 11.3 Å². The monoisotopic (exact) mass is 185 g/mol. The van der Waals surface area contributed by atoms with Crippen LogP contribution in [0.15, 0.2) is 0 Å². The zero-order valence-corrected chi connectivity index (χ0v) is 8.85. The van der Waals surface area contributed by atoms with Crippen molar-refractivity contribution in [2.24, 2.45) is 11.3 Å². The van der Waals surface area contributed by atoms with Gasteiger partial charge in [0.2, 0.25) is 0 Å². The highest BCUT2D eigenvalue weighted by Crippen LogP contribution is 2.41. The standard InChI is InChI=1S/C10H19NO2/c1-9(2,3)10(4)7(8(12)13)5-6-11-10/h7,11H,5-6H2,1-4H3,(H,12,13). The summed E-state index contributed by atoms with van der Waals surface area (Å²) in [7, 11) is 0. The molecule has 1 heterocycles. The molecule has 2 N–H and O–H groups in total. The van der Waals surface area contributed by atoms with Gasteiger partial charge in [-0.2, -0.15) is 0 Å². The van der Waals surface area contributed by atoms with Gasteiger partial charge in [0.25, 0.3) is 0 Å². The first kappa shape index (κ1) is 10.5. The van der Waals surface area contributed by atoms with E-state index in [9.17, 15) is 4.79 Å². The van der Waals surface area contributed by atoms with Crippen LogP contribution in [0.2, 0.25) is 0 Å². The number of carboxylic acid groups (broad SMARTS) is 1. The fourth-order valence-electron chi connectivity index (χ4n) is 2.05. The first-order valence-corrected chi connectivity index (χ1v) is 4.77. The SMILES string of the molecule is CC(C)(C)C1(C)NCCC1C(=O)O. The number of hydrogen-bond acceptors (Lipinski definition) is 2. The van der Waals surface area contributed by atoms with Crippen LogP contribution in [0.4, 0.5) is 0 Å². The Hall–Kier alpha value is -0.570. The van der Waals surface area contributed by atoms with Crippen molar-refractivity contribution in [3.63, 3.8) is 0 Å². The van der Waals surface area contributed by atoms with E-state index in [4.69, 9.17) is 5.11 Å². The normalized spacial score (nSPS) is 34.9. The zero-order chi connectivity index (χ0) is 10.3. The van der Waals surface area contributed by atoms with Gasteiger partial charge in [0.05, 0.1) is 5.92 Å². The van der Waals surface area contributed by atoms with Gasteiger partial charge >= 0.3 is 5.97 Å². The summed E-state index contributed by atoms with van der Waals surface area (Å²) in [6, 6.07) is 0. The van der Waals surface area contributed by atoms with Crippen LogP contribution < -0.4 is 5.32 Å². The Morgan fingerprint density at radius 1 is 1.54 bits per heavy atom. The molecule has 2 atom stereocenters. The predicted octanol–water partition coefficient (Wildman–Crippen LogP) is 1.49. The predicted molar refractivity (Wildman–Crippen MR) is 51.6 cm³/mol. The fraction of sp³-hybridized carbons (Fsp3) is 0.900. The molecule has 1 rings (SSSR count). The Bertz CT molecular complexity index is 219. The second-order valence-corrected chi connectivity index (χ2v) is 5.06. The van der Waals surface area contributed by atoms with Crippen LogP contribution in [-0.2, 0) is 4.79 Å². The second-order valence-electron chi connectivity index (χ2n) is 5.06. The van der Waals surface area contributed by atoms with Crippen LogP contribution in [-0.4, -0.2) is 23.2 Å². The minimum absolute atomic E-state index is 0.0213. The van der Waals surface area contributed by atoms with Crippen LogP contribution >= 0.6 is 0 Å². The summed E-state index contributed by atoms with van der Waals surface area (Å²) in [5.74, 6) is -0.935.